The van der Waals surface area contributed by atoms with E-state index in [1.165, 1.54) is 6.08 Å². The van der Waals surface area contributed by atoms with E-state index in [0.717, 1.165) is 24.8 Å². The third-order valence-electron chi connectivity index (χ3n) is 3.81. The highest BCUT2D eigenvalue weighted by Gasteiger charge is 2.06. The van der Waals surface area contributed by atoms with Crippen molar-refractivity contribution in [1.29, 1.82) is 0 Å². The van der Waals surface area contributed by atoms with Crippen LogP contribution >= 0.6 is 23.2 Å². The molecule has 2 aromatic carbocycles. The quantitative estimate of drug-likeness (QED) is 0.396. The van der Waals surface area contributed by atoms with Crippen LogP contribution in [0.3, 0.4) is 0 Å². The Balaban J connectivity index is 1.99. The van der Waals surface area contributed by atoms with Crippen LogP contribution in [-0.2, 0) is 4.79 Å². The van der Waals surface area contributed by atoms with Crippen LogP contribution in [0.4, 0.5) is 5.69 Å². The van der Waals surface area contributed by atoms with E-state index < -0.39 is 0 Å². The van der Waals surface area contributed by atoms with Crippen molar-refractivity contribution in [1.82, 2.24) is 0 Å². The summed E-state index contributed by atoms with van der Waals surface area (Å²) in [6.45, 7) is 2.81. The van der Waals surface area contributed by atoms with Gasteiger partial charge in [-0.2, -0.15) is 0 Å². The van der Waals surface area contributed by atoms with E-state index >= 15 is 0 Å². The molecular formula is C21H23Cl2NO3. The predicted octanol–water partition coefficient (Wildman–Crippen LogP) is 6.22. The number of anilines is 1. The first kappa shape index (κ1) is 21.1. The van der Waals surface area contributed by atoms with Gasteiger partial charge in [-0.1, -0.05) is 49.0 Å². The van der Waals surface area contributed by atoms with Gasteiger partial charge in [0.05, 0.1) is 24.4 Å². The summed E-state index contributed by atoms with van der Waals surface area (Å²) in [4.78, 5) is 12.1. The summed E-state index contributed by atoms with van der Waals surface area (Å²) < 4.78 is 11.1. The molecule has 1 amide bonds. The molecule has 144 valence electrons. The number of carbonyl (C=O) groups is 1. The van der Waals surface area contributed by atoms with Crippen molar-refractivity contribution in [2.24, 2.45) is 0 Å². The summed E-state index contributed by atoms with van der Waals surface area (Å²) in [5, 5.41) is 3.61. The second-order valence-corrected chi connectivity index (χ2v) is 6.76. The largest absolute Gasteiger partial charge is 0.493 e. The first-order valence-corrected chi connectivity index (χ1v) is 9.54. The van der Waals surface area contributed by atoms with E-state index in [-0.39, 0.29) is 5.91 Å². The SMILES string of the molecule is CCCCCOc1ccc(C=CC(=O)Nc2ccc(Cl)cc2Cl)cc1OC. The maximum absolute atomic E-state index is 12.1. The fourth-order valence-corrected chi connectivity index (χ4v) is 2.83. The number of methoxy groups -OCH3 is 1. The number of amides is 1. The van der Waals surface area contributed by atoms with E-state index in [4.69, 9.17) is 32.7 Å². The van der Waals surface area contributed by atoms with Crippen molar-refractivity contribution in [2.75, 3.05) is 19.0 Å². The number of unbranched alkanes of at least 4 members (excludes halogenated alkanes) is 2. The Morgan fingerprint density at radius 1 is 1.11 bits per heavy atom. The number of hydrogen-bond acceptors (Lipinski definition) is 3. The highest BCUT2D eigenvalue weighted by atomic mass is 35.5. The molecule has 2 aromatic rings. The molecule has 0 unspecified atom stereocenters. The molecule has 0 saturated carbocycles. The lowest BCUT2D eigenvalue weighted by Crippen LogP contribution is -2.08. The van der Waals surface area contributed by atoms with Crippen molar-refractivity contribution >= 4 is 40.9 Å². The highest BCUT2D eigenvalue weighted by Crippen LogP contribution is 2.29. The summed E-state index contributed by atoms with van der Waals surface area (Å²) in [6, 6.07) is 10.4. The van der Waals surface area contributed by atoms with Gasteiger partial charge in [0.1, 0.15) is 0 Å². The molecule has 0 heterocycles. The van der Waals surface area contributed by atoms with Gasteiger partial charge in [-0.3, -0.25) is 4.79 Å². The smallest absolute Gasteiger partial charge is 0.248 e. The molecule has 0 aromatic heterocycles. The van der Waals surface area contributed by atoms with Gasteiger partial charge in [-0.15, -0.1) is 0 Å². The topological polar surface area (TPSA) is 47.6 Å². The summed E-state index contributed by atoms with van der Waals surface area (Å²) in [5.74, 6) is 1.04. The third kappa shape index (κ3) is 6.81. The molecule has 27 heavy (non-hydrogen) atoms. The molecule has 0 bridgehead atoms. The maximum atomic E-state index is 12.1. The first-order valence-electron chi connectivity index (χ1n) is 8.78. The molecule has 4 nitrogen and oxygen atoms in total. The van der Waals surface area contributed by atoms with Crippen molar-refractivity contribution < 1.29 is 14.3 Å². The Hall–Kier alpha value is -2.17. The van der Waals surface area contributed by atoms with Gasteiger partial charge in [0.25, 0.3) is 0 Å². The number of benzene rings is 2. The minimum atomic E-state index is -0.293. The van der Waals surface area contributed by atoms with Crippen molar-refractivity contribution in [3.8, 4) is 11.5 Å². The maximum Gasteiger partial charge on any atom is 0.248 e. The molecule has 6 heteroatoms. The lowest BCUT2D eigenvalue weighted by atomic mass is 10.2. The second kappa shape index (κ2) is 10.9. The predicted molar refractivity (Wildman–Crippen MR) is 112 cm³/mol. The van der Waals surface area contributed by atoms with Crippen molar-refractivity contribution in [3.05, 3.63) is 58.1 Å². The summed E-state index contributed by atoms with van der Waals surface area (Å²) in [6.07, 6.45) is 6.42. The molecule has 0 saturated heterocycles. The zero-order valence-corrected chi connectivity index (χ0v) is 16.9. The average Bonchev–Trinajstić information content (AvgIpc) is 2.66. The Morgan fingerprint density at radius 3 is 2.63 bits per heavy atom. The number of rotatable bonds is 9. The Kier molecular flexibility index (Phi) is 8.49. The minimum Gasteiger partial charge on any atom is -0.493 e. The van der Waals surface area contributed by atoms with E-state index in [0.29, 0.717) is 33.8 Å². The number of nitrogens with one attached hydrogen (secondary N) is 1. The number of ether oxygens (including phenoxy) is 2. The Morgan fingerprint density at radius 2 is 1.93 bits per heavy atom. The van der Waals surface area contributed by atoms with Crippen LogP contribution in [0.5, 0.6) is 11.5 Å². The minimum absolute atomic E-state index is 0.293. The van der Waals surface area contributed by atoms with Crippen LogP contribution in [0.15, 0.2) is 42.5 Å². The zero-order valence-electron chi connectivity index (χ0n) is 15.4. The zero-order chi connectivity index (χ0) is 19.6. The third-order valence-corrected chi connectivity index (χ3v) is 4.36. The van der Waals surface area contributed by atoms with Crippen LogP contribution in [0.25, 0.3) is 6.08 Å². The van der Waals surface area contributed by atoms with Crippen molar-refractivity contribution in [3.63, 3.8) is 0 Å². The lowest BCUT2D eigenvalue weighted by molar-refractivity contribution is -0.111. The Bertz CT molecular complexity index is 806. The number of hydrogen-bond donors (Lipinski definition) is 1. The van der Waals surface area contributed by atoms with Crippen molar-refractivity contribution in [2.45, 2.75) is 26.2 Å². The van der Waals surface area contributed by atoms with Gasteiger partial charge >= 0.3 is 0 Å². The molecule has 0 aliphatic carbocycles. The second-order valence-electron chi connectivity index (χ2n) is 5.91. The van der Waals surface area contributed by atoms with Gasteiger partial charge in [0.15, 0.2) is 11.5 Å². The number of carbonyl (C=O) groups excluding carboxylic acids is 1. The van der Waals surface area contributed by atoms with E-state index in [1.807, 2.05) is 18.2 Å². The summed E-state index contributed by atoms with van der Waals surface area (Å²) in [5.41, 5.74) is 1.33. The van der Waals surface area contributed by atoms with Gasteiger partial charge in [0.2, 0.25) is 5.91 Å². The Labute approximate surface area is 170 Å². The van der Waals surface area contributed by atoms with Crippen LogP contribution in [0, 0.1) is 0 Å². The molecule has 2 rings (SSSR count). The highest BCUT2D eigenvalue weighted by molar-refractivity contribution is 6.36. The van der Waals surface area contributed by atoms with E-state index in [9.17, 15) is 4.79 Å². The fourth-order valence-electron chi connectivity index (χ4n) is 2.38. The van der Waals surface area contributed by atoms with E-state index in [2.05, 4.69) is 12.2 Å². The van der Waals surface area contributed by atoms with E-state index in [1.54, 1.807) is 31.4 Å². The first-order chi connectivity index (χ1) is 13.0. The standard InChI is InChI=1S/C21H23Cl2NO3/c1-3-4-5-12-27-19-10-6-15(13-20(19)26-2)7-11-21(25)24-18-9-8-16(22)14-17(18)23/h6-11,13-14H,3-5,12H2,1-2H3,(H,24,25). The summed E-state index contributed by atoms with van der Waals surface area (Å²) in [7, 11) is 1.59. The summed E-state index contributed by atoms with van der Waals surface area (Å²) >= 11 is 11.9. The molecule has 0 spiro atoms. The van der Waals surface area contributed by atoms with Gasteiger partial charge in [-0.05, 0) is 48.4 Å². The van der Waals surface area contributed by atoms with Crippen LogP contribution in [-0.4, -0.2) is 19.6 Å². The van der Waals surface area contributed by atoms with Crippen LogP contribution in [0.1, 0.15) is 31.7 Å². The lowest BCUT2D eigenvalue weighted by Gasteiger charge is -2.11. The molecule has 0 aliphatic heterocycles. The molecule has 0 atom stereocenters. The van der Waals surface area contributed by atoms with Gasteiger partial charge < -0.3 is 14.8 Å². The fraction of sp³-hybridized carbons (Fsp3) is 0.286. The monoisotopic (exact) mass is 407 g/mol. The number of halogens is 2. The van der Waals surface area contributed by atoms with Crippen LogP contribution in [0.2, 0.25) is 10.0 Å². The normalized spacial score (nSPS) is 10.8. The van der Waals surface area contributed by atoms with Gasteiger partial charge in [-0.25, -0.2) is 0 Å². The molecule has 0 radical (unpaired) electrons. The molecule has 0 fully saturated rings. The molecule has 1 N–H and O–H groups in total. The average molecular weight is 408 g/mol. The van der Waals surface area contributed by atoms with Crippen LogP contribution < -0.4 is 14.8 Å². The molecular weight excluding hydrogens is 385 g/mol. The van der Waals surface area contributed by atoms with Gasteiger partial charge in [0, 0.05) is 11.1 Å². The molecule has 0 aliphatic rings.